The summed E-state index contributed by atoms with van der Waals surface area (Å²) in [6.45, 7) is 7.13. The quantitative estimate of drug-likeness (QED) is 0.354. The molecule has 0 saturated carbocycles. The van der Waals surface area contributed by atoms with Gasteiger partial charge < -0.3 is 24.7 Å². The number of amides is 1. The maximum absolute atomic E-state index is 13.0. The largest absolute Gasteiger partial charge is 0.508 e. The average molecular weight is 439 g/mol. The van der Waals surface area contributed by atoms with Crippen LogP contribution in [0, 0.1) is 0 Å². The number of methoxy groups -OCH3 is 1. The molecule has 7 heteroatoms. The Morgan fingerprint density at radius 3 is 2.38 bits per heavy atom. The lowest BCUT2D eigenvalue weighted by atomic mass is 9.95. The molecule has 3 rings (SSSR count). The van der Waals surface area contributed by atoms with Crippen molar-refractivity contribution in [1.82, 2.24) is 9.80 Å². The normalized spacial score (nSPS) is 17.9. The number of aliphatic hydroxyl groups is 1. The molecule has 2 N–H and O–H groups in total. The molecule has 2 aromatic carbocycles. The van der Waals surface area contributed by atoms with Crippen molar-refractivity contribution in [2.45, 2.75) is 26.3 Å². The molecule has 1 fully saturated rings. The summed E-state index contributed by atoms with van der Waals surface area (Å²) in [7, 11) is 1.54. The number of phenolic OH excluding ortho intramolecular Hbond substituents is 1. The zero-order valence-electron chi connectivity index (χ0n) is 18.7. The zero-order valence-corrected chi connectivity index (χ0v) is 18.7. The predicted octanol–water partition coefficient (Wildman–Crippen LogP) is 3.55. The van der Waals surface area contributed by atoms with Crippen molar-refractivity contribution in [3.63, 3.8) is 0 Å². The average Bonchev–Trinajstić information content (AvgIpc) is 3.06. The van der Waals surface area contributed by atoms with E-state index < -0.39 is 17.7 Å². The highest BCUT2D eigenvalue weighted by Crippen LogP contribution is 2.40. The molecular weight excluding hydrogens is 408 g/mol. The number of nitrogens with zero attached hydrogens (tertiary/aromatic N) is 2. The molecule has 0 spiro atoms. The number of hydrogen-bond donors (Lipinski definition) is 2. The highest BCUT2D eigenvalue weighted by atomic mass is 16.5. The number of carbonyl (C=O) groups is 2. The summed E-state index contributed by atoms with van der Waals surface area (Å²) in [5, 5.41) is 21.1. The van der Waals surface area contributed by atoms with Gasteiger partial charge in [-0.15, -0.1) is 0 Å². The number of carbonyl (C=O) groups excluding carboxylic acids is 2. The van der Waals surface area contributed by atoms with Gasteiger partial charge in [-0.1, -0.05) is 26.0 Å². The Kier molecular flexibility index (Phi) is 7.53. The molecule has 170 valence electrons. The highest BCUT2D eigenvalue weighted by Gasteiger charge is 2.45. The third kappa shape index (κ3) is 4.78. The topological polar surface area (TPSA) is 90.3 Å². The Labute approximate surface area is 188 Å². The molecule has 1 aliphatic heterocycles. The van der Waals surface area contributed by atoms with Crippen LogP contribution in [0.15, 0.2) is 54.1 Å². The van der Waals surface area contributed by atoms with E-state index in [4.69, 9.17) is 4.74 Å². The number of benzene rings is 2. The number of likely N-dealkylation sites (tertiary alicyclic amines) is 1. The number of ether oxygens (including phenoxy) is 1. The van der Waals surface area contributed by atoms with Gasteiger partial charge in [0, 0.05) is 12.1 Å². The first-order valence-corrected chi connectivity index (χ1v) is 10.8. The van der Waals surface area contributed by atoms with Gasteiger partial charge in [-0.25, -0.2) is 0 Å². The first kappa shape index (κ1) is 23.3. The van der Waals surface area contributed by atoms with E-state index in [1.54, 1.807) is 43.5 Å². The number of phenols is 1. The van der Waals surface area contributed by atoms with Crippen LogP contribution in [0.3, 0.4) is 0 Å². The number of aromatic hydroxyl groups is 1. The maximum atomic E-state index is 13.0. The molecule has 0 aliphatic carbocycles. The second-order valence-corrected chi connectivity index (χ2v) is 7.70. The minimum absolute atomic E-state index is 0.0219. The van der Waals surface area contributed by atoms with Crippen LogP contribution in [0.5, 0.6) is 11.5 Å². The molecule has 32 heavy (non-hydrogen) atoms. The monoisotopic (exact) mass is 438 g/mol. The third-order valence-corrected chi connectivity index (χ3v) is 5.86. The molecule has 1 aliphatic rings. The number of ketones is 1. The fourth-order valence-electron chi connectivity index (χ4n) is 4.06. The second kappa shape index (κ2) is 10.3. The van der Waals surface area contributed by atoms with E-state index in [0.717, 1.165) is 19.6 Å². The van der Waals surface area contributed by atoms with Crippen LogP contribution in [0.25, 0.3) is 5.76 Å². The van der Waals surface area contributed by atoms with Gasteiger partial charge >= 0.3 is 0 Å². The summed E-state index contributed by atoms with van der Waals surface area (Å²) in [5.41, 5.74) is 1.01. The van der Waals surface area contributed by atoms with E-state index in [1.807, 2.05) is 0 Å². The number of aliphatic hydroxyl groups excluding tert-OH is 1. The van der Waals surface area contributed by atoms with Crippen LogP contribution < -0.4 is 4.74 Å². The van der Waals surface area contributed by atoms with Crippen molar-refractivity contribution in [2.24, 2.45) is 0 Å². The molecule has 1 unspecified atom stereocenters. The van der Waals surface area contributed by atoms with Gasteiger partial charge in [0.1, 0.15) is 17.3 Å². The van der Waals surface area contributed by atoms with Gasteiger partial charge in [0.2, 0.25) is 0 Å². The minimum Gasteiger partial charge on any atom is -0.508 e. The minimum atomic E-state index is -0.777. The van der Waals surface area contributed by atoms with Crippen LogP contribution in [-0.4, -0.2) is 65.0 Å². The summed E-state index contributed by atoms with van der Waals surface area (Å²) in [5.74, 6) is -0.975. The lowest BCUT2D eigenvalue weighted by Gasteiger charge is -2.27. The molecule has 1 atom stereocenters. The van der Waals surface area contributed by atoms with Crippen molar-refractivity contribution in [1.29, 1.82) is 0 Å². The molecule has 0 aromatic heterocycles. The van der Waals surface area contributed by atoms with E-state index in [0.29, 0.717) is 29.8 Å². The third-order valence-electron chi connectivity index (χ3n) is 5.86. The second-order valence-electron chi connectivity index (χ2n) is 7.70. The number of Topliss-reactive ketones (excluding diaryl/α,β-unsaturated/α-hetero) is 1. The zero-order chi connectivity index (χ0) is 23.3. The summed E-state index contributed by atoms with van der Waals surface area (Å²) < 4.78 is 5.16. The summed E-state index contributed by atoms with van der Waals surface area (Å²) in [4.78, 5) is 29.7. The lowest BCUT2D eigenvalue weighted by Crippen LogP contribution is -2.33. The number of rotatable bonds is 9. The van der Waals surface area contributed by atoms with E-state index in [1.165, 1.54) is 17.0 Å². The van der Waals surface area contributed by atoms with E-state index >= 15 is 0 Å². The van der Waals surface area contributed by atoms with Gasteiger partial charge in [-0.05, 0) is 68.0 Å². The van der Waals surface area contributed by atoms with Crippen LogP contribution in [0.2, 0.25) is 0 Å². The maximum Gasteiger partial charge on any atom is 0.295 e. The highest BCUT2D eigenvalue weighted by molar-refractivity contribution is 6.46. The van der Waals surface area contributed by atoms with Crippen LogP contribution >= 0.6 is 0 Å². The van der Waals surface area contributed by atoms with Gasteiger partial charge in [0.15, 0.2) is 0 Å². The standard InChI is InChI=1S/C25H30N2O5/c1-4-26(5-2)14-7-15-27-22(18-8-6-9-19(28)16-18)21(24(30)25(27)31)23(29)17-10-12-20(32-3)13-11-17/h6,8-13,16,22,28-29H,4-5,7,14-15H2,1-3H3/b23-21+. The van der Waals surface area contributed by atoms with E-state index in [-0.39, 0.29) is 17.1 Å². The molecule has 7 nitrogen and oxygen atoms in total. The molecule has 1 saturated heterocycles. The van der Waals surface area contributed by atoms with Crippen molar-refractivity contribution in [2.75, 3.05) is 33.3 Å². The van der Waals surface area contributed by atoms with Crippen molar-refractivity contribution in [3.05, 3.63) is 65.2 Å². The van der Waals surface area contributed by atoms with Crippen molar-refractivity contribution in [3.8, 4) is 11.5 Å². The summed E-state index contributed by atoms with van der Waals surface area (Å²) in [6.07, 6.45) is 0.687. The Bertz CT molecular complexity index is 996. The van der Waals surface area contributed by atoms with Crippen LogP contribution in [0.4, 0.5) is 0 Å². The van der Waals surface area contributed by atoms with Crippen LogP contribution in [-0.2, 0) is 9.59 Å². The Morgan fingerprint density at radius 2 is 1.78 bits per heavy atom. The predicted molar refractivity (Wildman–Crippen MR) is 123 cm³/mol. The lowest BCUT2D eigenvalue weighted by molar-refractivity contribution is -0.140. The fourth-order valence-corrected chi connectivity index (χ4v) is 4.06. The first-order chi connectivity index (χ1) is 15.4. The Balaban J connectivity index is 2.02. The van der Waals surface area contributed by atoms with Gasteiger partial charge in [-0.2, -0.15) is 0 Å². The van der Waals surface area contributed by atoms with Crippen molar-refractivity contribution < 1.29 is 24.5 Å². The SMILES string of the molecule is CCN(CC)CCCN1C(=O)C(=O)/C(=C(/O)c2ccc(OC)cc2)C1c1cccc(O)c1. The molecule has 0 bridgehead atoms. The summed E-state index contributed by atoms with van der Waals surface area (Å²) in [6, 6.07) is 12.3. The fraction of sp³-hybridized carbons (Fsp3) is 0.360. The number of hydrogen-bond acceptors (Lipinski definition) is 6. The first-order valence-electron chi connectivity index (χ1n) is 10.8. The smallest absolute Gasteiger partial charge is 0.295 e. The Hall–Kier alpha value is -3.32. The van der Waals surface area contributed by atoms with Crippen LogP contribution in [0.1, 0.15) is 37.4 Å². The summed E-state index contributed by atoms with van der Waals surface area (Å²) >= 11 is 0. The molecule has 1 amide bonds. The molecule has 2 aromatic rings. The van der Waals surface area contributed by atoms with E-state index in [2.05, 4.69) is 18.7 Å². The van der Waals surface area contributed by atoms with Crippen molar-refractivity contribution >= 4 is 17.4 Å². The molecule has 1 heterocycles. The molecular formula is C25H30N2O5. The Morgan fingerprint density at radius 1 is 1.09 bits per heavy atom. The molecule has 0 radical (unpaired) electrons. The van der Waals surface area contributed by atoms with Gasteiger partial charge in [-0.3, -0.25) is 9.59 Å². The van der Waals surface area contributed by atoms with Gasteiger partial charge in [0.05, 0.1) is 18.7 Å². The van der Waals surface area contributed by atoms with Gasteiger partial charge in [0.25, 0.3) is 11.7 Å². The van der Waals surface area contributed by atoms with E-state index in [9.17, 15) is 19.8 Å².